The van der Waals surface area contributed by atoms with Crippen LogP contribution in [0.3, 0.4) is 0 Å². The number of rotatable bonds is 7. The maximum absolute atomic E-state index is 12.9. The second-order valence-electron chi connectivity index (χ2n) is 6.76. The fraction of sp³-hybridized carbons (Fsp3) is 0.167. The van der Waals surface area contributed by atoms with Crippen molar-refractivity contribution in [3.63, 3.8) is 0 Å². The molecule has 0 spiro atoms. The van der Waals surface area contributed by atoms with E-state index in [1.54, 1.807) is 14.2 Å². The lowest BCUT2D eigenvalue weighted by atomic mass is 10.1. The van der Waals surface area contributed by atoms with Crippen LogP contribution in [-0.2, 0) is 13.0 Å². The van der Waals surface area contributed by atoms with Crippen molar-refractivity contribution in [2.45, 2.75) is 13.0 Å². The van der Waals surface area contributed by atoms with Crippen LogP contribution < -0.4 is 9.47 Å². The molecule has 5 heteroatoms. The molecule has 1 heterocycles. The normalized spacial score (nSPS) is 10.8. The summed E-state index contributed by atoms with van der Waals surface area (Å²) >= 11 is 0. The number of carbonyl (C=O) groups is 1. The maximum atomic E-state index is 12.9. The smallest absolute Gasteiger partial charge is 0.182 e. The van der Waals surface area contributed by atoms with E-state index in [0.717, 1.165) is 22.4 Å². The Morgan fingerprint density at radius 1 is 0.897 bits per heavy atom. The zero-order valence-electron chi connectivity index (χ0n) is 16.5. The standard InChI is InChI=1S/C24H22N2O3/c1-28-22-13-12-17(14-23(22)29-2)15-24-25-19-10-6-7-11-20(19)26(24)16-21(27)18-8-4-3-5-9-18/h3-14H,15-16H2,1-2H3. The maximum Gasteiger partial charge on any atom is 0.182 e. The van der Waals surface area contributed by atoms with E-state index >= 15 is 0 Å². The van der Waals surface area contributed by atoms with Crippen molar-refractivity contribution in [1.82, 2.24) is 9.55 Å². The number of hydrogen-bond acceptors (Lipinski definition) is 4. The molecule has 3 aromatic carbocycles. The number of ketones is 1. The Bertz CT molecular complexity index is 1150. The molecule has 29 heavy (non-hydrogen) atoms. The van der Waals surface area contributed by atoms with Crippen LogP contribution in [0.2, 0.25) is 0 Å². The minimum absolute atomic E-state index is 0.0577. The van der Waals surface area contributed by atoms with Gasteiger partial charge in [-0.05, 0) is 29.8 Å². The van der Waals surface area contributed by atoms with Crippen molar-refractivity contribution in [3.05, 3.63) is 89.7 Å². The van der Waals surface area contributed by atoms with E-state index in [4.69, 9.17) is 14.5 Å². The fourth-order valence-electron chi connectivity index (χ4n) is 3.47. The summed E-state index contributed by atoms with van der Waals surface area (Å²) in [6, 6.07) is 23.1. The average molecular weight is 386 g/mol. The number of hydrogen-bond donors (Lipinski definition) is 0. The van der Waals surface area contributed by atoms with Gasteiger partial charge in [-0.3, -0.25) is 4.79 Å². The molecule has 0 aliphatic heterocycles. The molecular formula is C24H22N2O3. The molecule has 4 rings (SSSR count). The lowest BCUT2D eigenvalue weighted by molar-refractivity contribution is 0.0972. The number of carbonyl (C=O) groups excluding carboxylic acids is 1. The van der Waals surface area contributed by atoms with E-state index in [-0.39, 0.29) is 12.3 Å². The van der Waals surface area contributed by atoms with Crippen LogP contribution in [0.25, 0.3) is 11.0 Å². The van der Waals surface area contributed by atoms with Gasteiger partial charge in [-0.15, -0.1) is 0 Å². The number of methoxy groups -OCH3 is 2. The molecule has 0 amide bonds. The molecule has 0 aliphatic carbocycles. The molecule has 0 unspecified atom stereocenters. The number of Topliss-reactive ketones (excluding diaryl/α,β-unsaturated/α-hetero) is 1. The van der Waals surface area contributed by atoms with E-state index < -0.39 is 0 Å². The van der Waals surface area contributed by atoms with Crippen LogP contribution in [0.1, 0.15) is 21.7 Å². The fourth-order valence-corrected chi connectivity index (χ4v) is 3.47. The minimum atomic E-state index is 0.0577. The molecule has 0 atom stereocenters. The number of fused-ring (bicyclic) bond motifs is 1. The number of ether oxygens (including phenoxy) is 2. The third-order valence-corrected chi connectivity index (χ3v) is 4.94. The summed E-state index contributed by atoms with van der Waals surface area (Å²) in [7, 11) is 3.24. The average Bonchev–Trinajstić information content (AvgIpc) is 3.11. The van der Waals surface area contributed by atoms with Crippen molar-refractivity contribution in [1.29, 1.82) is 0 Å². The molecule has 1 aromatic heterocycles. The molecule has 0 fully saturated rings. The highest BCUT2D eigenvalue weighted by molar-refractivity contribution is 5.96. The largest absolute Gasteiger partial charge is 0.493 e. The number of nitrogens with zero attached hydrogens (tertiary/aromatic N) is 2. The lowest BCUT2D eigenvalue weighted by Crippen LogP contribution is -2.13. The SMILES string of the molecule is COc1ccc(Cc2nc3ccccc3n2CC(=O)c2ccccc2)cc1OC. The first-order valence-corrected chi connectivity index (χ1v) is 9.43. The van der Waals surface area contributed by atoms with Crippen molar-refractivity contribution < 1.29 is 14.3 Å². The molecular weight excluding hydrogens is 364 g/mol. The summed E-state index contributed by atoms with van der Waals surface area (Å²) in [4.78, 5) is 17.7. The van der Waals surface area contributed by atoms with E-state index in [2.05, 4.69) is 0 Å². The number of imidazole rings is 1. The Labute approximate surface area is 169 Å². The van der Waals surface area contributed by atoms with Gasteiger partial charge in [-0.25, -0.2) is 4.98 Å². The van der Waals surface area contributed by atoms with Crippen LogP contribution in [0.5, 0.6) is 11.5 Å². The zero-order chi connectivity index (χ0) is 20.2. The van der Waals surface area contributed by atoms with Gasteiger partial charge in [-0.1, -0.05) is 48.5 Å². The Morgan fingerprint density at radius 3 is 2.38 bits per heavy atom. The van der Waals surface area contributed by atoms with Gasteiger partial charge in [0.1, 0.15) is 5.82 Å². The third kappa shape index (κ3) is 3.85. The topological polar surface area (TPSA) is 53.4 Å². The van der Waals surface area contributed by atoms with Crippen molar-refractivity contribution in [2.75, 3.05) is 14.2 Å². The highest BCUT2D eigenvalue weighted by Gasteiger charge is 2.16. The van der Waals surface area contributed by atoms with Crippen LogP contribution in [0.4, 0.5) is 0 Å². The Kier molecular flexibility index (Phi) is 5.29. The molecule has 0 N–H and O–H groups in total. The molecule has 0 radical (unpaired) electrons. The van der Waals surface area contributed by atoms with Gasteiger partial charge < -0.3 is 14.0 Å². The first kappa shape index (κ1) is 18.7. The predicted molar refractivity (Wildman–Crippen MR) is 113 cm³/mol. The molecule has 0 saturated heterocycles. The van der Waals surface area contributed by atoms with Crippen LogP contribution >= 0.6 is 0 Å². The van der Waals surface area contributed by atoms with Crippen molar-refractivity contribution >= 4 is 16.8 Å². The second-order valence-corrected chi connectivity index (χ2v) is 6.76. The molecule has 5 nitrogen and oxygen atoms in total. The number of para-hydroxylation sites is 2. The van der Waals surface area contributed by atoms with E-state index in [1.165, 1.54) is 0 Å². The highest BCUT2D eigenvalue weighted by atomic mass is 16.5. The summed E-state index contributed by atoms with van der Waals surface area (Å²) in [5, 5.41) is 0. The first-order valence-electron chi connectivity index (χ1n) is 9.43. The lowest BCUT2D eigenvalue weighted by Gasteiger charge is -2.11. The van der Waals surface area contributed by atoms with E-state index in [9.17, 15) is 4.79 Å². The Balaban J connectivity index is 1.71. The quantitative estimate of drug-likeness (QED) is 0.438. The Morgan fingerprint density at radius 2 is 1.62 bits per heavy atom. The van der Waals surface area contributed by atoms with Gasteiger partial charge in [-0.2, -0.15) is 0 Å². The summed E-state index contributed by atoms with van der Waals surface area (Å²) in [6.07, 6.45) is 0.580. The number of aromatic nitrogens is 2. The van der Waals surface area contributed by atoms with Crippen molar-refractivity contribution in [2.24, 2.45) is 0 Å². The summed E-state index contributed by atoms with van der Waals surface area (Å²) in [6.45, 7) is 0.243. The van der Waals surface area contributed by atoms with Gasteiger partial charge in [0, 0.05) is 12.0 Å². The van der Waals surface area contributed by atoms with Crippen LogP contribution in [0.15, 0.2) is 72.8 Å². The Hall–Kier alpha value is -3.60. The molecule has 0 aliphatic rings. The first-order chi connectivity index (χ1) is 14.2. The molecule has 4 aromatic rings. The predicted octanol–water partition coefficient (Wildman–Crippen LogP) is 4.53. The third-order valence-electron chi connectivity index (χ3n) is 4.94. The zero-order valence-corrected chi connectivity index (χ0v) is 16.5. The summed E-state index contributed by atoms with van der Waals surface area (Å²) in [5.41, 5.74) is 3.56. The molecule has 0 bridgehead atoms. The minimum Gasteiger partial charge on any atom is -0.493 e. The number of benzene rings is 3. The van der Waals surface area contributed by atoms with Gasteiger partial charge in [0.05, 0.1) is 31.8 Å². The van der Waals surface area contributed by atoms with E-state index in [1.807, 2.05) is 77.4 Å². The molecule has 146 valence electrons. The van der Waals surface area contributed by atoms with Gasteiger partial charge in [0.15, 0.2) is 17.3 Å². The molecule has 0 saturated carbocycles. The van der Waals surface area contributed by atoms with Gasteiger partial charge in [0.25, 0.3) is 0 Å². The summed E-state index contributed by atoms with van der Waals surface area (Å²) in [5.74, 6) is 2.25. The van der Waals surface area contributed by atoms with Gasteiger partial charge in [0.2, 0.25) is 0 Å². The van der Waals surface area contributed by atoms with Gasteiger partial charge >= 0.3 is 0 Å². The van der Waals surface area contributed by atoms with Crippen LogP contribution in [0, 0.1) is 0 Å². The van der Waals surface area contributed by atoms with Crippen molar-refractivity contribution in [3.8, 4) is 11.5 Å². The highest BCUT2D eigenvalue weighted by Crippen LogP contribution is 2.29. The second kappa shape index (κ2) is 8.19. The van der Waals surface area contributed by atoms with Crippen LogP contribution in [-0.4, -0.2) is 29.6 Å². The monoisotopic (exact) mass is 386 g/mol. The summed E-state index contributed by atoms with van der Waals surface area (Å²) < 4.78 is 12.7. The van der Waals surface area contributed by atoms with E-state index in [0.29, 0.717) is 23.5 Å².